The zero-order valence-corrected chi connectivity index (χ0v) is 11.8. The van der Waals surface area contributed by atoms with E-state index in [2.05, 4.69) is 30.8 Å². The van der Waals surface area contributed by atoms with Gasteiger partial charge < -0.3 is 15.4 Å². The number of H-pyrrole nitrogens is 1. The number of hydrogen-bond acceptors (Lipinski definition) is 6. The molecule has 3 N–H and O–H groups in total. The van der Waals surface area contributed by atoms with Crippen molar-refractivity contribution < 1.29 is 4.74 Å². The molecule has 7 heteroatoms. The second-order valence-electron chi connectivity index (χ2n) is 4.48. The second-order valence-corrected chi connectivity index (χ2v) is 4.48. The molecule has 108 valence electrons. The first-order valence-corrected chi connectivity index (χ1v) is 6.56. The molecule has 0 saturated heterocycles. The minimum Gasteiger partial charge on any atom is -0.497 e. The minimum atomic E-state index is 0.542. The average Bonchev–Trinajstić information content (AvgIpc) is 3.01. The monoisotopic (exact) mass is 284 g/mol. The predicted molar refractivity (Wildman–Crippen MR) is 81.6 cm³/mol. The normalized spacial score (nSPS) is 10.6. The minimum absolute atomic E-state index is 0.542. The predicted octanol–water partition coefficient (Wildman–Crippen LogP) is 2.02. The van der Waals surface area contributed by atoms with Crippen LogP contribution in [0.4, 0.5) is 11.8 Å². The maximum atomic E-state index is 5.22. The van der Waals surface area contributed by atoms with Crippen molar-refractivity contribution in [3.05, 3.63) is 36.0 Å². The maximum absolute atomic E-state index is 5.22. The van der Waals surface area contributed by atoms with Gasteiger partial charge in [-0.3, -0.25) is 5.10 Å². The molecule has 3 rings (SSSR count). The van der Waals surface area contributed by atoms with Crippen LogP contribution in [0.3, 0.4) is 0 Å². The van der Waals surface area contributed by atoms with Crippen LogP contribution in [0, 0.1) is 0 Å². The van der Waals surface area contributed by atoms with Crippen molar-refractivity contribution in [1.29, 1.82) is 0 Å². The molecule has 0 aliphatic heterocycles. The number of nitrogens with one attached hydrogen (secondary N) is 3. The molecule has 1 aromatic carbocycles. The van der Waals surface area contributed by atoms with Crippen LogP contribution in [0.2, 0.25) is 0 Å². The average molecular weight is 284 g/mol. The summed E-state index contributed by atoms with van der Waals surface area (Å²) in [5.74, 6) is 2.11. The molecule has 0 amide bonds. The van der Waals surface area contributed by atoms with Gasteiger partial charge in [0, 0.05) is 13.6 Å². The Morgan fingerprint density at radius 3 is 3.00 bits per heavy atom. The van der Waals surface area contributed by atoms with Gasteiger partial charge in [-0.1, -0.05) is 12.1 Å². The molecular weight excluding hydrogens is 268 g/mol. The van der Waals surface area contributed by atoms with E-state index >= 15 is 0 Å². The highest BCUT2D eigenvalue weighted by Crippen LogP contribution is 2.21. The Hall–Kier alpha value is -2.83. The summed E-state index contributed by atoms with van der Waals surface area (Å²) in [6.45, 7) is 0.637. The van der Waals surface area contributed by atoms with E-state index in [0.29, 0.717) is 18.1 Å². The van der Waals surface area contributed by atoms with Crippen LogP contribution in [0.5, 0.6) is 5.75 Å². The van der Waals surface area contributed by atoms with Gasteiger partial charge in [-0.2, -0.15) is 15.1 Å². The van der Waals surface area contributed by atoms with Gasteiger partial charge in [-0.25, -0.2) is 0 Å². The first-order valence-electron chi connectivity index (χ1n) is 6.56. The lowest BCUT2D eigenvalue weighted by Crippen LogP contribution is -2.05. The van der Waals surface area contributed by atoms with Gasteiger partial charge in [-0.05, 0) is 17.7 Å². The Bertz CT molecular complexity index is 754. The SMILES string of the molecule is CNc1nc(NCc2cccc(OC)c2)c2cn[nH]c2n1. The lowest BCUT2D eigenvalue weighted by atomic mass is 10.2. The maximum Gasteiger partial charge on any atom is 0.226 e. The number of methoxy groups -OCH3 is 1. The Kier molecular flexibility index (Phi) is 3.55. The molecule has 0 saturated carbocycles. The Balaban J connectivity index is 1.85. The van der Waals surface area contributed by atoms with Crippen LogP contribution in [-0.4, -0.2) is 34.3 Å². The Morgan fingerprint density at radius 2 is 2.19 bits per heavy atom. The van der Waals surface area contributed by atoms with E-state index in [1.165, 1.54) is 0 Å². The molecule has 3 aromatic rings. The molecule has 0 aliphatic rings. The zero-order chi connectivity index (χ0) is 14.7. The summed E-state index contributed by atoms with van der Waals surface area (Å²) in [6.07, 6.45) is 1.71. The molecule has 0 unspecified atom stereocenters. The van der Waals surface area contributed by atoms with Gasteiger partial charge in [0.15, 0.2) is 5.65 Å². The standard InChI is InChI=1S/C14H16N6O/c1-15-14-18-12(11-8-17-20-13(11)19-14)16-7-9-4-3-5-10(6-9)21-2/h3-6,8H,7H2,1-2H3,(H3,15,16,17,18,19,20). The number of aromatic nitrogens is 4. The lowest BCUT2D eigenvalue weighted by molar-refractivity contribution is 0.414. The van der Waals surface area contributed by atoms with Crippen molar-refractivity contribution in [3.8, 4) is 5.75 Å². The number of benzene rings is 1. The van der Waals surface area contributed by atoms with Crippen molar-refractivity contribution in [1.82, 2.24) is 20.2 Å². The smallest absolute Gasteiger partial charge is 0.226 e. The van der Waals surface area contributed by atoms with E-state index in [4.69, 9.17) is 4.74 Å². The summed E-state index contributed by atoms with van der Waals surface area (Å²) in [5, 5.41) is 14.0. The van der Waals surface area contributed by atoms with Gasteiger partial charge in [0.2, 0.25) is 5.95 Å². The summed E-state index contributed by atoms with van der Waals surface area (Å²) in [5.41, 5.74) is 1.80. The summed E-state index contributed by atoms with van der Waals surface area (Å²) >= 11 is 0. The van der Waals surface area contributed by atoms with Gasteiger partial charge >= 0.3 is 0 Å². The van der Waals surface area contributed by atoms with Gasteiger partial charge in [-0.15, -0.1) is 0 Å². The Morgan fingerprint density at radius 1 is 1.29 bits per heavy atom. The summed E-state index contributed by atoms with van der Waals surface area (Å²) in [7, 11) is 3.44. The second kappa shape index (κ2) is 5.66. The third-order valence-electron chi connectivity index (χ3n) is 3.13. The van der Waals surface area contributed by atoms with Crippen LogP contribution in [-0.2, 0) is 6.54 Å². The molecule has 0 aliphatic carbocycles. The molecule has 0 fully saturated rings. The fraction of sp³-hybridized carbons (Fsp3) is 0.214. The quantitative estimate of drug-likeness (QED) is 0.664. The summed E-state index contributed by atoms with van der Waals surface area (Å²) < 4.78 is 5.22. The van der Waals surface area contributed by atoms with Crippen LogP contribution in [0.25, 0.3) is 11.0 Å². The number of anilines is 2. The van der Waals surface area contributed by atoms with E-state index in [1.54, 1.807) is 20.4 Å². The molecule has 0 atom stereocenters. The van der Waals surface area contributed by atoms with Crippen molar-refractivity contribution in [2.45, 2.75) is 6.54 Å². The summed E-state index contributed by atoms with van der Waals surface area (Å²) in [4.78, 5) is 8.72. The van der Waals surface area contributed by atoms with Crippen LogP contribution >= 0.6 is 0 Å². The highest BCUT2D eigenvalue weighted by Gasteiger charge is 2.08. The molecule has 2 heterocycles. The van der Waals surface area contributed by atoms with Gasteiger partial charge in [0.1, 0.15) is 11.6 Å². The van der Waals surface area contributed by atoms with Crippen molar-refractivity contribution in [2.75, 3.05) is 24.8 Å². The zero-order valence-electron chi connectivity index (χ0n) is 11.8. The fourth-order valence-corrected chi connectivity index (χ4v) is 2.05. The summed E-state index contributed by atoms with van der Waals surface area (Å²) in [6, 6.07) is 7.89. The van der Waals surface area contributed by atoms with Crippen molar-refractivity contribution in [3.63, 3.8) is 0 Å². The van der Waals surface area contributed by atoms with Crippen molar-refractivity contribution >= 4 is 22.8 Å². The van der Waals surface area contributed by atoms with E-state index in [-0.39, 0.29) is 0 Å². The number of nitrogens with zero attached hydrogens (tertiary/aromatic N) is 3. The largest absolute Gasteiger partial charge is 0.497 e. The molecule has 2 aromatic heterocycles. The third kappa shape index (κ3) is 2.71. The Labute approximate surface area is 121 Å². The number of fused-ring (bicyclic) bond motifs is 1. The topological polar surface area (TPSA) is 87.8 Å². The molecular formula is C14H16N6O. The van der Waals surface area contributed by atoms with Crippen LogP contribution < -0.4 is 15.4 Å². The number of hydrogen-bond donors (Lipinski definition) is 3. The van der Waals surface area contributed by atoms with Gasteiger partial charge in [0.25, 0.3) is 0 Å². The first-order chi connectivity index (χ1) is 10.3. The van der Waals surface area contributed by atoms with Crippen LogP contribution in [0.15, 0.2) is 30.5 Å². The van der Waals surface area contributed by atoms with Crippen LogP contribution in [0.1, 0.15) is 5.56 Å². The molecule has 0 bridgehead atoms. The highest BCUT2D eigenvalue weighted by atomic mass is 16.5. The van der Waals surface area contributed by atoms with E-state index in [9.17, 15) is 0 Å². The van der Waals surface area contributed by atoms with Gasteiger partial charge in [0.05, 0.1) is 18.7 Å². The number of aromatic amines is 1. The van der Waals surface area contributed by atoms with E-state index in [1.807, 2.05) is 24.3 Å². The molecule has 7 nitrogen and oxygen atoms in total. The number of ether oxygens (including phenoxy) is 1. The molecule has 0 spiro atoms. The fourth-order valence-electron chi connectivity index (χ4n) is 2.05. The van der Waals surface area contributed by atoms with E-state index < -0.39 is 0 Å². The molecule has 0 radical (unpaired) electrons. The number of rotatable bonds is 5. The molecule has 21 heavy (non-hydrogen) atoms. The lowest BCUT2D eigenvalue weighted by Gasteiger charge is -2.09. The third-order valence-corrected chi connectivity index (χ3v) is 3.13. The van der Waals surface area contributed by atoms with Crippen molar-refractivity contribution in [2.24, 2.45) is 0 Å². The highest BCUT2D eigenvalue weighted by molar-refractivity contribution is 5.86. The van der Waals surface area contributed by atoms with E-state index in [0.717, 1.165) is 22.5 Å². The first kappa shape index (κ1) is 13.2.